The molecule has 0 spiro atoms. The fraction of sp³-hybridized carbons (Fsp3) is 0.857. The molecule has 2 amide bonds. The van der Waals surface area contributed by atoms with E-state index < -0.39 is 0 Å². The van der Waals surface area contributed by atoms with Crippen molar-refractivity contribution in [3.63, 3.8) is 0 Å². The number of nitrogens with one attached hydrogen (secondary N) is 1. The number of amides is 2. The van der Waals surface area contributed by atoms with Crippen LogP contribution in [0.25, 0.3) is 0 Å². The summed E-state index contributed by atoms with van der Waals surface area (Å²) in [7, 11) is 0. The van der Waals surface area contributed by atoms with E-state index in [0.29, 0.717) is 5.25 Å². The largest absolute Gasteiger partial charge is 0.343 e. The van der Waals surface area contributed by atoms with Crippen molar-refractivity contribution in [3.05, 3.63) is 0 Å². The summed E-state index contributed by atoms with van der Waals surface area (Å²) in [5.41, 5.74) is 0. The van der Waals surface area contributed by atoms with E-state index >= 15 is 0 Å². The maximum atomic E-state index is 12.6. The maximum absolute atomic E-state index is 12.6. The molecule has 0 aromatic rings. The smallest absolute Gasteiger partial charge is 0.246 e. The Bertz CT molecular complexity index is 361. The molecule has 5 heteroatoms. The minimum absolute atomic E-state index is 0.00445. The van der Waals surface area contributed by atoms with Gasteiger partial charge in [0.15, 0.2) is 0 Å². The molecule has 1 saturated carbocycles. The molecule has 19 heavy (non-hydrogen) atoms. The fourth-order valence-corrected chi connectivity index (χ4v) is 4.27. The molecule has 0 aromatic heterocycles. The third kappa shape index (κ3) is 2.76. The summed E-state index contributed by atoms with van der Waals surface area (Å²) in [5, 5.41) is 3.35. The number of nitrogens with zero attached hydrogens (tertiary/aromatic N) is 1. The Morgan fingerprint density at radius 1 is 1.37 bits per heavy atom. The average Bonchev–Trinajstić information content (AvgIpc) is 2.85. The second-order valence-corrected chi connectivity index (χ2v) is 6.62. The number of piperazine rings is 1. The van der Waals surface area contributed by atoms with E-state index in [0.717, 1.165) is 32.1 Å². The first-order valence-electron chi connectivity index (χ1n) is 7.25. The lowest BCUT2D eigenvalue weighted by Gasteiger charge is -2.42. The quantitative estimate of drug-likeness (QED) is 0.856. The van der Waals surface area contributed by atoms with Crippen molar-refractivity contribution in [2.24, 2.45) is 0 Å². The Morgan fingerprint density at radius 3 is 2.74 bits per heavy atom. The molecule has 108 valence electrons. The third-order valence-electron chi connectivity index (χ3n) is 4.32. The molecule has 4 atom stereocenters. The third-order valence-corrected chi connectivity index (χ3v) is 5.48. The molecule has 0 aromatic carbocycles. The molecule has 1 heterocycles. The summed E-state index contributed by atoms with van der Waals surface area (Å²) in [6.07, 6.45) is 7.11. The van der Waals surface area contributed by atoms with Crippen LogP contribution < -0.4 is 5.32 Å². The van der Waals surface area contributed by atoms with Crippen LogP contribution in [0.1, 0.15) is 46.0 Å². The van der Waals surface area contributed by atoms with Gasteiger partial charge in [0, 0.05) is 11.3 Å². The zero-order valence-electron chi connectivity index (χ0n) is 12.0. The number of hydrogen-bond acceptors (Lipinski definition) is 3. The second-order valence-electron chi connectivity index (χ2n) is 5.54. The van der Waals surface area contributed by atoms with Gasteiger partial charge in [-0.3, -0.25) is 9.59 Å². The van der Waals surface area contributed by atoms with E-state index in [2.05, 4.69) is 11.6 Å². The van der Waals surface area contributed by atoms with Crippen LogP contribution in [-0.2, 0) is 9.59 Å². The van der Waals surface area contributed by atoms with Crippen molar-refractivity contribution in [1.29, 1.82) is 0 Å². The Morgan fingerprint density at radius 2 is 2.11 bits per heavy atom. The molecule has 2 rings (SSSR count). The zero-order chi connectivity index (χ0) is 14.0. The molecule has 2 aliphatic rings. The van der Waals surface area contributed by atoms with Gasteiger partial charge in [0.05, 0.1) is 0 Å². The lowest BCUT2D eigenvalue weighted by Crippen LogP contribution is -2.65. The summed E-state index contributed by atoms with van der Waals surface area (Å²) in [4.78, 5) is 26.6. The van der Waals surface area contributed by atoms with Gasteiger partial charge in [-0.2, -0.15) is 11.8 Å². The van der Waals surface area contributed by atoms with Crippen molar-refractivity contribution in [2.45, 2.75) is 69.3 Å². The maximum Gasteiger partial charge on any atom is 0.246 e. The Kier molecular flexibility index (Phi) is 4.76. The summed E-state index contributed by atoms with van der Waals surface area (Å²) >= 11 is 1.83. The molecule has 0 bridgehead atoms. The standard InChI is InChI=1S/C14H24N2O2S/c1-4-6-10-14(18)16(9(2)13(17)15-10)11-7-5-8-12(11)19-3/h9-12H,4-8H2,1-3H3,(H,15,17). The highest BCUT2D eigenvalue weighted by molar-refractivity contribution is 7.99. The van der Waals surface area contributed by atoms with E-state index in [9.17, 15) is 9.59 Å². The molecule has 1 aliphatic carbocycles. The first kappa shape index (κ1) is 14.7. The second kappa shape index (κ2) is 6.16. The SMILES string of the molecule is CCCC1NC(=O)C(C)N(C2CCCC2SC)C1=O. The van der Waals surface area contributed by atoms with Gasteiger partial charge in [0.1, 0.15) is 12.1 Å². The minimum atomic E-state index is -0.321. The Labute approximate surface area is 119 Å². The van der Waals surface area contributed by atoms with Gasteiger partial charge in [0.25, 0.3) is 0 Å². The van der Waals surface area contributed by atoms with Crippen LogP contribution >= 0.6 is 11.8 Å². The molecule has 4 nitrogen and oxygen atoms in total. The van der Waals surface area contributed by atoms with Crippen molar-refractivity contribution < 1.29 is 9.59 Å². The average molecular weight is 284 g/mol. The van der Waals surface area contributed by atoms with Gasteiger partial charge >= 0.3 is 0 Å². The summed E-state index contributed by atoms with van der Waals surface area (Å²) in [6.45, 7) is 3.90. The van der Waals surface area contributed by atoms with Crippen molar-refractivity contribution >= 4 is 23.6 Å². The number of carbonyl (C=O) groups excluding carboxylic acids is 2. The van der Waals surface area contributed by atoms with Crippen LogP contribution in [0.5, 0.6) is 0 Å². The Hall–Kier alpha value is -0.710. The van der Waals surface area contributed by atoms with E-state index in [1.54, 1.807) is 0 Å². The Balaban J connectivity index is 2.19. The molecule has 2 fully saturated rings. The van der Waals surface area contributed by atoms with Crippen LogP contribution in [0.3, 0.4) is 0 Å². The highest BCUT2D eigenvalue weighted by Gasteiger charge is 2.44. The first-order valence-corrected chi connectivity index (χ1v) is 8.54. The number of rotatable bonds is 4. The topological polar surface area (TPSA) is 49.4 Å². The number of hydrogen-bond donors (Lipinski definition) is 1. The van der Waals surface area contributed by atoms with Crippen molar-refractivity contribution in [3.8, 4) is 0 Å². The van der Waals surface area contributed by atoms with Gasteiger partial charge in [0.2, 0.25) is 11.8 Å². The van der Waals surface area contributed by atoms with E-state index in [4.69, 9.17) is 0 Å². The van der Waals surface area contributed by atoms with E-state index in [1.165, 1.54) is 0 Å². The van der Waals surface area contributed by atoms with E-state index in [1.807, 2.05) is 30.5 Å². The predicted octanol–water partition coefficient (Wildman–Crippen LogP) is 1.79. The van der Waals surface area contributed by atoms with Gasteiger partial charge in [-0.25, -0.2) is 0 Å². The van der Waals surface area contributed by atoms with Crippen molar-refractivity contribution in [1.82, 2.24) is 10.2 Å². The lowest BCUT2D eigenvalue weighted by molar-refractivity contribution is -0.151. The van der Waals surface area contributed by atoms with Gasteiger partial charge in [-0.05, 0) is 32.4 Å². The minimum Gasteiger partial charge on any atom is -0.343 e. The summed E-state index contributed by atoms with van der Waals surface area (Å²) in [6, 6.07) is -0.391. The molecular formula is C14H24N2O2S. The van der Waals surface area contributed by atoms with Gasteiger partial charge < -0.3 is 10.2 Å². The first-order chi connectivity index (χ1) is 9.10. The lowest BCUT2D eigenvalue weighted by atomic mass is 10.0. The molecular weight excluding hydrogens is 260 g/mol. The predicted molar refractivity (Wildman–Crippen MR) is 78.1 cm³/mol. The van der Waals surface area contributed by atoms with Crippen molar-refractivity contribution in [2.75, 3.05) is 6.26 Å². The monoisotopic (exact) mass is 284 g/mol. The molecule has 4 unspecified atom stereocenters. The van der Waals surface area contributed by atoms with Crippen LogP contribution in [0.4, 0.5) is 0 Å². The highest BCUT2D eigenvalue weighted by Crippen LogP contribution is 2.34. The normalized spacial score (nSPS) is 35.6. The van der Waals surface area contributed by atoms with Crippen LogP contribution in [0.2, 0.25) is 0 Å². The summed E-state index contributed by atoms with van der Waals surface area (Å²) in [5.74, 6) is 0.129. The van der Waals surface area contributed by atoms with Crippen LogP contribution in [0.15, 0.2) is 0 Å². The van der Waals surface area contributed by atoms with Crippen LogP contribution in [-0.4, -0.2) is 46.3 Å². The molecule has 1 saturated heterocycles. The van der Waals surface area contributed by atoms with Gasteiger partial charge in [-0.1, -0.05) is 19.8 Å². The van der Waals surface area contributed by atoms with Crippen LogP contribution in [0, 0.1) is 0 Å². The van der Waals surface area contributed by atoms with Gasteiger partial charge in [-0.15, -0.1) is 0 Å². The number of carbonyl (C=O) groups is 2. The zero-order valence-corrected chi connectivity index (χ0v) is 12.8. The molecule has 0 radical (unpaired) electrons. The molecule has 1 N–H and O–H groups in total. The summed E-state index contributed by atoms with van der Waals surface area (Å²) < 4.78 is 0. The van der Waals surface area contributed by atoms with E-state index in [-0.39, 0.29) is 29.9 Å². The fourth-order valence-electron chi connectivity index (χ4n) is 3.29. The molecule has 1 aliphatic heterocycles. The highest BCUT2D eigenvalue weighted by atomic mass is 32.2. The number of thioether (sulfide) groups is 1.